The summed E-state index contributed by atoms with van der Waals surface area (Å²) in [6.45, 7) is 0.367. The van der Waals surface area contributed by atoms with Gasteiger partial charge in [-0.05, 0) is 42.1 Å². The molecule has 0 fully saturated rings. The summed E-state index contributed by atoms with van der Waals surface area (Å²) in [5, 5.41) is 4.33. The number of halogens is 1. The number of rotatable bonds is 7. The number of anilines is 1. The number of thiophene rings is 1. The van der Waals surface area contributed by atoms with E-state index in [-0.39, 0.29) is 18.6 Å². The van der Waals surface area contributed by atoms with E-state index in [4.69, 9.17) is 4.74 Å². The predicted molar refractivity (Wildman–Crippen MR) is 102 cm³/mol. The van der Waals surface area contributed by atoms with Crippen LogP contribution in [0.1, 0.15) is 6.42 Å². The van der Waals surface area contributed by atoms with E-state index < -0.39 is 17.4 Å². The highest BCUT2D eigenvalue weighted by Gasteiger charge is 2.16. The largest absolute Gasteiger partial charge is 0.385 e. The van der Waals surface area contributed by atoms with Crippen LogP contribution in [0.25, 0.3) is 10.2 Å². The van der Waals surface area contributed by atoms with Gasteiger partial charge in [0.05, 0.1) is 5.52 Å². The van der Waals surface area contributed by atoms with Crippen LogP contribution < -0.4 is 16.6 Å². The molecule has 3 aromatic rings. The highest BCUT2D eigenvalue weighted by molar-refractivity contribution is 7.17. The fourth-order valence-corrected chi connectivity index (χ4v) is 3.57. The number of methoxy groups -OCH3 is 1. The average Bonchev–Trinajstić information content (AvgIpc) is 3.13. The zero-order valence-electron chi connectivity index (χ0n) is 14.6. The summed E-state index contributed by atoms with van der Waals surface area (Å²) >= 11 is 1.23. The van der Waals surface area contributed by atoms with Crippen LogP contribution >= 0.6 is 11.3 Å². The standard InChI is InChI=1S/C18H18FN3O4S/c1-26-9-2-8-21-17(24)16-14(7-10-27-16)22(18(21)25)11-15(23)20-13-5-3-12(19)4-6-13/h3-7,10H,2,8-9,11H2,1H3,(H,20,23). The Bertz CT molecular complexity index is 1070. The Morgan fingerprint density at radius 1 is 1.19 bits per heavy atom. The van der Waals surface area contributed by atoms with E-state index >= 15 is 0 Å². The topological polar surface area (TPSA) is 82.3 Å². The molecule has 142 valence electrons. The van der Waals surface area contributed by atoms with Gasteiger partial charge in [0.2, 0.25) is 5.91 Å². The molecular formula is C18H18FN3O4S. The summed E-state index contributed by atoms with van der Waals surface area (Å²) in [5.41, 5.74) is -0.0655. The lowest BCUT2D eigenvalue weighted by molar-refractivity contribution is -0.116. The summed E-state index contributed by atoms with van der Waals surface area (Å²) in [6.07, 6.45) is 0.504. The third-order valence-corrected chi connectivity index (χ3v) is 4.89. The third-order valence-electron chi connectivity index (χ3n) is 4.00. The van der Waals surface area contributed by atoms with E-state index in [0.29, 0.717) is 28.9 Å². The van der Waals surface area contributed by atoms with Crippen molar-refractivity contribution < 1.29 is 13.9 Å². The molecule has 9 heteroatoms. The molecule has 0 aliphatic carbocycles. The van der Waals surface area contributed by atoms with Crippen LogP contribution in [0.2, 0.25) is 0 Å². The number of amides is 1. The van der Waals surface area contributed by atoms with E-state index in [1.807, 2.05) is 0 Å². The first kappa shape index (κ1) is 19.0. The van der Waals surface area contributed by atoms with Gasteiger partial charge < -0.3 is 10.1 Å². The predicted octanol–water partition coefficient (Wildman–Crippen LogP) is 2.04. The van der Waals surface area contributed by atoms with Crippen LogP contribution in [0.4, 0.5) is 10.1 Å². The maximum absolute atomic E-state index is 13.0. The molecule has 0 saturated heterocycles. The summed E-state index contributed by atoms with van der Waals surface area (Å²) < 4.78 is 20.8. The van der Waals surface area contributed by atoms with Crippen LogP contribution in [-0.4, -0.2) is 28.8 Å². The molecule has 2 heterocycles. The summed E-state index contributed by atoms with van der Waals surface area (Å²) in [6, 6.07) is 6.97. The second-order valence-electron chi connectivity index (χ2n) is 5.86. The Morgan fingerprint density at radius 2 is 1.93 bits per heavy atom. The highest BCUT2D eigenvalue weighted by Crippen LogP contribution is 2.15. The normalized spacial score (nSPS) is 11.0. The maximum Gasteiger partial charge on any atom is 0.332 e. The number of carbonyl (C=O) groups is 1. The van der Waals surface area contributed by atoms with Crippen molar-refractivity contribution in [3.8, 4) is 0 Å². The molecule has 0 aliphatic rings. The number of benzene rings is 1. The molecule has 3 rings (SSSR count). The number of ether oxygens (including phenoxy) is 1. The number of carbonyl (C=O) groups excluding carboxylic acids is 1. The molecule has 0 bridgehead atoms. The van der Waals surface area contributed by atoms with E-state index in [2.05, 4.69) is 5.32 Å². The van der Waals surface area contributed by atoms with Crippen molar-refractivity contribution in [2.24, 2.45) is 0 Å². The minimum Gasteiger partial charge on any atom is -0.385 e. The Hall–Kier alpha value is -2.78. The fraction of sp³-hybridized carbons (Fsp3) is 0.278. The van der Waals surface area contributed by atoms with Gasteiger partial charge in [0.25, 0.3) is 5.56 Å². The van der Waals surface area contributed by atoms with Gasteiger partial charge in [0.1, 0.15) is 17.1 Å². The number of aromatic nitrogens is 2. The van der Waals surface area contributed by atoms with E-state index in [0.717, 1.165) is 4.57 Å². The van der Waals surface area contributed by atoms with Gasteiger partial charge in [-0.25, -0.2) is 9.18 Å². The number of hydrogen-bond donors (Lipinski definition) is 1. The monoisotopic (exact) mass is 391 g/mol. The lowest BCUT2D eigenvalue weighted by atomic mass is 10.3. The van der Waals surface area contributed by atoms with Crippen molar-refractivity contribution in [2.75, 3.05) is 19.0 Å². The van der Waals surface area contributed by atoms with Gasteiger partial charge in [-0.3, -0.25) is 18.7 Å². The summed E-state index contributed by atoms with van der Waals surface area (Å²) in [4.78, 5) is 37.7. The van der Waals surface area contributed by atoms with Crippen molar-refractivity contribution in [1.29, 1.82) is 0 Å². The first-order chi connectivity index (χ1) is 13.0. The quantitative estimate of drug-likeness (QED) is 0.625. The molecule has 0 aliphatic heterocycles. The second kappa shape index (κ2) is 8.28. The van der Waals surface area contributed by atoms with Crippen LogP contribution in [0, 0.1) is 5.82 Å². The summed E-state index contributed by atoms with van der Waals surface area (Å²) in [7, 11) is 1.54. The van der Waals surface area contributed by atoms with Gasteiger partial charge in [-0.2, -0.15) is 0 Å². The van der Waals surface area contributed by atoms with E-state index in [1.54, 1.807) is 18.6 Å². The van der Waals surface area contributed by atoms with Crippen molar-refractivity contribution in [3.63, 3.8) is 0 Å². The van der Waals surface area contributed by atoms with Crippen molar-refractivity contribution in [3.05, 3.63) is 62.4 Å². The number of nitrogens with zero attached hydrogens (tertiary/aromatic N) is 2. The molecule has 0 spiro atoms. The van der Waals surface area contributed by atoms with Crippen molar-refractivity contribution >= 4 is 33.1 Å². The molecule has 27 heavy (non-hydrogen) atoms. The zero-order chi connectivity index (χ0) is 19.4. The first-order valence-corrected chi connectivity index (χ1v) is 9.14. The van der Waals surface area contributed by atoms with Crippen LogP contribution in [0.15, 0.2) is 45.3 Å². The highest BCUT2D eigenvalue weighted by atomic mass is 32.1. The average molecular weight is 391 g/mol. The molecular weight excluding hydrogens is 373 g/mol. The van der Waals surface area contributed by atoms with Gasteiger partial charge >= 0.3 is 5.69 Å². The molecule has 0 unspecified atom stereocenters. The van der Waals surface area contributed by atoms with Crippen LogP contribution in [-0.2, 0) is 22.6 Å². The molecule has 7 nitrogen and oxygen atoms in total. The van der Waals surface area contributed by atoms with Crippen molar-refractivity contribution in [2.45, 2.75) is 19.5 Å². The summed E-state index contributed by atoms with van der Waals surface area (Å²) in [5.74, 6) is -0.856. The third kappa shape index (κ3) is 4.15. The Balaban J connectivity index is 1.91. The maximum atomic E-state index is 13.0. The Morgan fingerprint density at radius 3 is 2.63 bits per heavy atom. The Kier molecular flexibility index (Phi) is 5.82. The molecule has 1 amide bonds. The minimum absolute atomic E-state index is 0.207. The Labute approximate surface area is 157 Å². The SMILES string of the molecule is COCCCn1c(=O)c2sccc2n(CC(=O)Nc2ccc(F)cc2)c1=O. The molecule has 0 radical (unpaired) electrons. The molecule has 0 saturated carbocycles. The minimum atomic E-state index is -0.545. The van der Waals surface area contributed by atoms with E-state index in [1.165, 1.54) is 40.2 Å². The molecule has 2 aromatic heterocycles. The lowest BCUT2D eigenvalue weighted by Crippen LogP contribution is -2.41. The van der Waals surface area contributed by atoms with E-state index in [9.17, 15) is 18.8 Å². The van der Waals surface area contributed by atoms with Gasteiger partial charge in [-0.15, -0.1) is 11.3 Å². The number of fused-ring (bicyclic) bond motifs is 1. The first-order valence-electron chi connectivity index (χ1n) is 8.26. The van der Waals surface area contributed by atoms with Gasteiger partial charge in [-0.1, -0.05) is 0 Å². The smallest absolute Gasteiger partial charge is 0.332 e. The van der Waals surface area contributed by atoms with Crippen LogP contribution in [0.3, 0.4) is 0 Å². The van der Waals surface area contributed by atoms with Crippen molar-refractivity contribution in [1.82, 2.24) is 9.13 Å². The zero-order valence-corrected chi connectivity index (χ0v) is 15.4. The van der Waals surface area contributed by atoms with Gasteiger partial charge in [0.15, 0.2) is 0 Å². The van der Waals surface area contributed by atoms with Crippen LogP contribution in [0.5, 0.6) is 0 Å². The molecule has 0 atom stereocenters. The second-order valence-corrected chi connectivity index (χ2v) is 6.78. The fourth-order valence-electron chi connectivity index (χ4n) is 2.73. The number of hydrogen-bond acceptors (Lipinski definition) is 5. The molecule has 1 N–H and O–H groups in total. The lowest BCUT2D eigenvalue weighted by Gasteiger charge is -2.12. The number of nitrogens with one attached hydrogen (secondary N) is 1. The van der Waals surface area contributed by atoms with Gasteiger partial charge in [0, 0.05) is 25.9 Å². The molecule has 1 aromatic carbocycles.